The first kappa shape index (κ1) is 15.6. The van der Waals surface area contributed by atoms with Gasteiger partial charge >= 0.3 is 6.18 Å². The minimum Gasteiger partial charge on any atom is -0.371 e. The highest BCUT2D eigenvalue weighted by atomic mass is 19.4. The van der Waals surface area contributed by atoms with Crippen LogP contribution in [-0.2, 0) is 6.18 Å². The van der Waals surface area contributed by atoms with Crippen molar-refractivity contribution < 1.29 is 18.1 Å². The van der Waals surface area contributed by atoms with Crippen LogP contribution in [0, 0.1) is 16.0 Å². The van der Waals surface area contributed by atoms with Gasteiger partial charge in [-0.2, -0.15) is 13.2 Å². The van der Waals surface area contributed by atoms with Crippen LogP contribution < -0.4 is 10.6 Å². The predicted octanol–water partition coefficient (Wildman–Crippen LogP) is 2.79. The summed E-state index contributed by atoms with van der Waals surface area (Å²) in [6, 6.07) is 3.15. The molecule has 2 N–H and O–H groups in total. The monoisotopic (exact) mass is 303 g/mol. The minimum atomic E-state index is -4.75. The van der Waals surface area contributed by atoms with Gasteiger partial charge in [0.05, 0.1) is 4.92 Å². The van der Waals surface area contributed by atoms with Crippen molar-refractivity contribution in [2.75, 3.05) is 24.5 Å². The van der Waals surface area contributed by atoms with Gasteiger partial charge in [0.25, 0.3) is 5.69 Å². The summed E-state index contributed by atoms with van der Waals surface area (Å²) < 4.78 is 38.9. The molecule has 5 nitrogen and oxygen atoms in total. The number of nitrogens with two attached hydrogens (primary N) is 1. The van der Waals surface area contributed by atoms with Gasteiger partial charge in [0.2, 0.25) is 0 Å². The summed E-state index contributed by atoms with van der Waals surface area (Å²) in [6.07, 6.45) is -2.95. The van der Waals surface area contributed by atoms with E-state index in [9.17, 15) is 23.3 Å². The van der Waals surface area contributed by atoms with Gasteiger partial charge in [-0.15, -0.1) is 0 Å². The Morgan fingerprint density at radius 1 is 1.43 bits per heavy atom. The molecule has 1 aromatic rings. The highest BCUT2D eigenvalue weighted by Gasteiger charge is 2.39. The van der Waals surface area contributed by atoms with Crippen LogP contribution in [0.4, 0.5) is 24.5 Å². The van der Waals surface area contributed by atoms with Crippen LogP contribution in [0.5, 0.6) is 0 Å². The Balaban J connectivity index is 2.35. The Morgan fingerprint density at radius 2 is 2.14 bits per heavy atom. The number of nitro groups is 1. The maximum absolute atomic E-state index is 13.0. The van der Waals surface area contributed by atoms with Crippen molar-refractivity contribution in [3.63, 3.8) is 0 Å². The van der Waals surface area contributed by atoms with Crippen LogP contribution >= 0.6 is 0 Å². The average Bonchev–Trinajstić information content (AvgIpc) is 2.45. The lowest BCUT2D eigenvalue weighted by Crippen LogP contribution is -2.38. The Kier molecular flexibility index (Phi) is 4.36. The van der Waals surface area contributed by atoms with Crippen LogP contribution in [0.3, 0.4) is 0 Å². The van der Waals surface area contributed by atoms with Crippen molar-refractivity contribution in [3.8, 4) is 0 Å². The summed E-state index contributed by atoms with van der Waals surface area (Å²) in [7, 11) is 0. The Morgan fingerprint density at radius 3 is 2.71 bits per heavy atom. The molecule has 1 unspecified atom stereocenters. The summed E-state index contributed by atoms with van der Waals surface area (Å²) in [4.78, 5) is 11.5. The molecule has 1 heterocycles. The molecule has 0 bridgehead atoms. The number of benzene rings is 1. The molecule has 0 amide bonds. The number of halogens is 3. The molecule has 1 aliphatic rings. The molecule has 0 radical (unpaired) electrons. The molecule has 0 aromatic heterocycles. The minimum absolute atomic E-state index is 0.239. The average molecular weight is 303 g/mol. The molecule has 0 saturated carbocycles. The second-order valence-electron chi connectivity index (χ2n) is 5.15. The number of hydrogen-bond acceptors (Lipinski definition) is 4. The second kappa shape index (κ2) is 5.88. The molecule has 2 rings (SSSR count). The smallest absolute Gasteiger partial charge is 0.371 e. The van der Waals surface area contributed by atoms with E-state index in [0.717, 1.165) is 25.0 Å². The first-order valence-corrected chi connectivity index (χ1v) is 6.63. The highest BCUT2D eigenvalue weighted by Crippen LogP contribution is 2.38. The zero-order valence-corrected chi connectivity index (χ0v) is 11.3. The molecule has 0 aliphatic carbocycles. The SMILES string of the molecule is NCC1CCCN(c2ccc([N+](=O)[O-])c(C(F)(F)F)c2)C1. The fraction of sp³-hybridized carbons (Fsp3) is 0.538. The zero-order chi connectivity index (χ0) is 15.6. The Hall–Kier alpha value is -1.83. The third-order valence-electron chi connectivity index (χ3n) is 3.70. The molecular weight excluding hydrogens is 287 g/mol. The van der Waals surface area contributed by atoms with Gasteiger partial charge in [0.1, 0.15) is 5.56 Å². The fourth-order valence-electron chi connectivity index (χ4n) is 2.60. The van der Waals surface area contributed by atoms with Gasteiger partial charge in [-0.3, -0.25) is 10.1 Å². The molecule has 8 heteroatoms. The lowest BCUT2D eigenvalue weighted by atomic mass is 9.97. The largest absolute Gasteiger partial charge is 0.423 e. The van der Waals surface area contributed by atoms with E-state index >= 15 is 0 Å². The molecular formula is C13H16F3N3O2. The van der Waals surface area contributed by atoms with E-state index in [1.807, 2.05) is 0 Å². The van der Waals surface area contributed by atoms with Crippen molar-refractivity contribution >= 4 is 11.4 Å². The predicted molar refractivity (Wildman–Crippen MR) is 72.1 cm³/mol. The molecule has 1 aromatic carbocycles. The van der Waals surface area contributed by atoms with Crippen LogP contribution in [0.1, 0.15) is 18.4 Å². The maximum atomic E-state index is 13.0. The standard InChI is InChI=1S/C13H16F3N3O2/c14-13(15,16)11-6-10(3-4-12(11)19(20)21)18-5-1-2-9(7-17)8-18/h3-4,6,9H,1-2,5,7-8,17H2. The summed E-state index contributed by atoms with van der Waals surface area (Å²) in [6.45, 7) is 1.69. The third-order valence-corrected chi connectivity index (χ3v) is 3.70. The Labute approximate surface area is 119 Å². The van der Waals surface area contributed by atoms with Crippen molar-refractivity contribution in [3.05, 3.63) is 33.9 Å². The van der Waals surface area contributed by atoms with E-state index in [4.69, 9.17) is 5.73 Å². The number of rotatable bonds is 3. The first-order chi connectivity index (χ1) is 9.82. The van der Waals surface area contributed by atoms with Gasteiger partial charge in [0, 0.05) is 24.8 Å². The zero-order valence-electron chi connectivity index (χ0n) is 11.3. The van der Waals surface area contributed by atoms with E-state index in [1.165, 1.54) is 6.07 Å². The van der Waals surface area contributed by atoms with Gasteiger partial charge in [0.15, 0.2) is 0 Å². The molecule has 1 saturated heterocycles. The Bertz CT molecular complexity index is 534. The number of anilines is 1. The highest BCUT2D eigenvalue weighted by molar-refractivity contribution is 5.57. The van der Waals surface area contributed by atoms with Crippen LogP contribution in [0.2, 0.25) is 0 Å². The van der Waals surface area contributed by atoms with E-state index < -0.39 is 22.4 Å². The van der Waals surface area contributed by atoms with Gasteiger partial charge in [-0.1, -0.05) is 0 Å². The van der Waals surface area contributed by atoms with Crippen molar-refractivity contribution in [1.82, 2.24) is 0 Å². The van der Waals surface area contributed by atoms with Crippen molar-refractivity contribution in [2.45, 2.75) is 19.0 Å². The molecule has 0 spiro atoms. The summed E-state index contributed by atoms with van der Waals surface area (Å²) in [5.74, 6) is 0.239. The maximum Gasteiger partial charge on any atom is 0.423 e. The fourth-order valence-corrected chi connectivity index (χ4v) is 2.60. The van der Waals surface area contributed by atoms with Gasteiger partial charge in [-0.25, -0.2) is 0 Å². The number of alkyl halides is 3. The lowest BCUT2D eigenvalue weighted by Gasteiger charge is -2.34. The van der Waals surface area contributed by atoms with E-state index in [2.05, 4.69) is 0 Å². The molecule has 1 fully saturated rings. The lowest BCUT2D eigenvalue weighted by molar-refractivity contribution is -0.388. The summed E-state index contributed by atoms with van der Waals surface area (Å²) in [5, 5.41) is 10.7. The number of hydrogen-bond donors (Lipinski definition) is 1. The van der Waals surface area contributed by atoms with Gasteiger partial charge < -0.3 is 10.6 Å². The second-order valence-corrected chi connectivity index (χ2v) is 5.15. The van der Waals surface area contributed by atoms with E-state index in [0.29, 0.717) is 25.3 Å². The number of nitro benzene ring substituents is 1. The van der Waals surface area contributed by atoms with Crippen LogP contribution in [0.25, 0.3) is 0 Å². The molecule has 21 heavy (non-hydrogen) atoms. The van der Waals surface area contributed by atoms with E-state index in [1.54, 1.807) is 4.90 Å². The molecule has 116 valence electrons. The van der Waals surface area contributed by atoms with Crippen molar-refractivity contribution in [2.24, 2.45) is 11.7 Å². The summed E-state index contributed by atoms with van der Waals surface area (Å²) >= 11 is 0. The quantitative estimate of drug-likeness (QED) is 0.688. The normalized spacial score (nSPS) is 19.6. The first-order valence-electron chi connectivity index (χ1n) is 6.63. The molecule has 1 atom stereocenters. The van der Waals surface area contributed by atoms with Crippen molar-refractivity contribution in [1.29, 1.82) is 0 Å². The van der Waals surface area contributed by atoms with Gasteiger partial charge in [-0.05, 0) is 37.4 Å². The topological polar surface area (TPSA) is 72.4 Å². The van der Waals surface area contributed by atoms with Crippen LogP contribution in [-0.4, -0.2) is 24.6 Å². The van der Waals surface area contributed by atoms with E-state index in [-0.39, 0.29) is 5.92 Å². The number of nitrogens with zero attached hydrogens (tertiary/aromatic N) is 2. The summed E-state index contributed by atoms with van der Waals surface area (Å²) in [5.41, 5.74) is 3.84. The molecule has 1 aliphatic heterocycles. The third kappa shape index (κ3) is 3.44. The van der Waals surface area contributed by atoms with Crippen LogP contribution in [0.15, 0.2) is 18.2 Å². The number of piperidine rings is 1.